The van der Waals surface area contributed by atoms with Gasteiger partial charge in [0.1, 0.15) is 6.10 Å². The van der Waals surface area contributed by atoms with Crippen molar-refractivity contribution in [1.29, 1.82) is 0 Å². The largest absolute Gasteiger partial charge is 0.478 e. The molecule has 0 aliphatic rings. The number of rotatable bonds is 9. The van der Waals surface area contributed by atoms with Crippen molar-refractivity contribution < 1.29 is 60.3 Å². The number of hydrogen-bond donors (Lipinski definition) is 9. The number of carbonyl (C=O) groups is 3. The fourth-order valence-corrected chi connectivity index (χ4v) is 0.543. The Morgan fingerprint density at radius 1 is 0.733 bits per heavy atom. The van der Waals surface area contributed by atoms with Gasteiger partial charge >= 0.3 is 17.9 Å². The molecule has 0 aromatic heterocycles. The Balaban J connectivity index is -0.0000000891. The highest BCUT2D eigenvalue weighted by atomic mass is 16.4. The molecule has 0 atom stereocenters. The highest BCUT2D eigenvalue weighted by Crippen LogP contribution is 2.18. The first-order valence-corrected chi connectivity index (χ1v) is 8.15. The molecule has 0 aliphatic carbocycles. The van der Waals surface area contributed by atoms with Crippen LogP contribution in [-0.2, 0) is 14.4 Å². The average molecular weight is 442 g/mol. The van der Waals surface area contributed by atoms with E-state index in [1.54, 1.807) is 0 Å². The molecule has 0 saturated carbocycles. The highest BCUT2D eigenvalue weighted by molar-refractivity contribution is 5.79. The second-order valence-corrected chi connectivity index (χ2v) is 4.97. The molecule has 0 bridgehead atoms. The van der Waals surface area contributed by atoms with Gasteiger partial charge in [0.25, 0.3) is 0 Å². The maximum absolute atomic E-state index is 9.25. The quantitative estimate of drug-likeness (QED) is 0.185. The average Bonchev–Trinajstić information content (AvgIpc) is 2.76. The standard InChI is InChI=1S/C6H14O3.C3H8O3.3C3H4O2/c1-2-6(3-7,4-8)5-9;4-1-3(6)2-5;3*1-2-3(4)5/h7-9H,2-5H2,1H3;3-6H,1-2H2;3*2H,1H2,(H,4,5). The van der Waals surface area contributed by atoms with E-state index >= 15 is 0 Å². The van der Waals surface area contributed by atoms with Crippen LogP contribution in [0.5, 0.6) is 0 Å². The van der Waals surface area contributed by atoms with Gasteiger partial charge in [-0.15, -0.1) is 0 Å². The summed E-state index contributed by atoms with van der Waals surface area (Å²) in [4.78, 5) is 27.8. The van der Waals surface area contributed by atoms with Crippen LogP contribution < -0.4 is 0 Å². The maximum Gasteiger partial charge on any atom is 0.327 e. The monoisotopic (exact) mass is 442 g/mol. The Bertz CT molecular complexity index is 394. The third-order valence-electron chi connectivity index (χ3n) is 2.70. The summed E-state index contributed by atoms with van der Waals surface area (Å²) in [7, 11) is 0. The molecule has 0 rings (SSSR count). The van der Waals surface area contributed by atoms with Crippen LogP contribution in [0.3, 0.4) is 0 Å². The van der Waals surface area contributed by atoms with Crippen molar-refractivity contribution in [1.82, 2.24) is 0 Å². The Morgan fingerprint density at radius 3 is 0.933 bits per heavy atom. The zero-order valence-electron chi connectivity index (χ0n) is 16.9. The van der Waals surface area contributed by atoms with Crippen LogP contribution in [0.25, 0.3) is 0 Å². The predicted molar refractivity (Wildman–Crippen MR) is 108 cm³/mol. The summed E-state index contributed by atoms with van der Waals surface area (Å²) < 4.78 is 0. The summed E-state index contributed by atoms with van der Waals surface area (Å²) in [6, 6.07) is 0. The van der Waals surface area contributed by atoms with E-state index in [-0.39, 0.29) is 33.0 Å². The molecule has 178 valence electrons. The maximum atomic E-state index is 9.25. The normalized spacial score (nSPS) is 8.80. The van der Waals surface area contributed by atoms with E-state index in [0.717, 1.165) is 18.2 Å². The van der Waals surface area contributed by atoms with Gasteiger partial charge in [-0.05, 0) is 6.42 Å². The molecule has 0 aromatic carbocycles. The number of carboxylic acids is 3. The van der Waals surface area contributed by atoms with Crippen molar-refractivity contribution in [2.45, 2.75) is 19.4 Å². The fourth-order valence-electron chi connectivity index (χ4n) is 0.543. The number of hydrogen-bond acceptors (Lipinski definition) is 9. The second kappa shape index (κ2) is 28.6. The molecule has 0 amide bonds. The van der Waals surface area contributed by atoms with Crippen LogP contribution in [0.4, 0.5) is 0 Å². The minimum absolute atomic E-state index is 0.156. The molecular formula is C18H34O12. The van der Waals surface area contributed by atoms with Gasteiger partial charge in [-0.3, -0.25) is 0 Å². The first kappa shape index (κ1) is 38.1. The van der Waals surface area contributed by atoms with Gasteiger partial charge in [0.05, 0.1) is 33.0 Å². The van der Waals surface area contributed by atoms with Gasteiger partial charge < -0.3 is 46.0 Å². The van der Waals surface area contributed by atoms with Crippen molar-refractivity contribution in [3.8, 4) is 0 Å². The second-order valence-electron chi connectivity index (χ2n) is 4.97. The third-order valence-corrected chi connectivity index (χ3v) is 2.70. The number of aliphatic carboxylic acids is 3. The van der Waals surface area contributed by atoms with Crippen LogP contribution in [0.15, 0.2) is 38.0 Å². The van der Waals surface area contributed by atoms with E-state index in [9.17, 15) is 14.4 Å². The Labute approximate surface area is 175 Å². The van der Waals surface area contributed by atoms with E-state index in [1.165, 1.54) is 0 Å². The summed E-state index contributed by atoms with van der Waals surface area (Å²) in [5.41, 5.74) is -0.667. The molecule has 30 heavy (non-hydrogen) atoms. The summed E-state index contributed by atoms with van der Waals surface area (Å²) in [6.45, 7) is 9.51. The molecule has 0 aliphatic heterocycles. The predicted octanol–water partition coefficient (Wildman–Crippen LogP) is -1.54. The molecule has 0 aromatic rings. The lowest BCUT2D eigenvalue weighted by Gasteiger charge is -2.24. The van der Waals surface area contributed by atoms with Crippen molar-refractivity contribution >= 4 is 17.9 Å². The summed E-state index contributed by atoms with van der Waals surface area (Å²) in [6.07, 6.45) is 2.14. The molecule has 9 N–H and O–H groups in total. The van der Waals surface area contributed by atoms with E-state index in [1.807, 2.05) is 6.92 Å². The van der Waals surface area contributed by atoms with Gasteiger partial charge in [0, 0.05) is 23.6 Å². The van der Waals surface area contributed by atoms with Gasteiger partial charge in [0.2, 0.25) is 0 Å². The Hall–Kier alpha value is -2.61. The zero-order valence-corrected chi connectivity index (χ0v) is 16.9. The number of aliphatic hydroxyl groups excluding tert-OH is 6. The van der Waals surface area contributed by atoms with Gasteiger partial charge in [-0.1, -0.05) is 26.7 Å². The van der Waals surface area contributed by atoms with Crippen LogP contribution in [0, 0.1) is 5.41 Å². The lowest BCUT2D eigenvalue weighted by molar-refractivity contribution is -0.132. The van der Waals surface area contributed by atoms with Crippen LogP contribution in [0.2, 0.25) is 0 Å². The highest BCUT2D eigenvalue weighted by Gasteiger charge is 2.24. The van der Waals surface area contributed by atoms with Gasteiger partial charge in [-0.2, -0.15) is 0 Å². The lowest BCUT2D eigenvalue weighted by atomic mass is 9.88. The van der Waals surface area contributed by atoms with Crippen molar-refractivity contribution in [2.75, 3.05) is 33.0 Å². The third kappa shape index (κ3) is 40.2. The molecule has 0 spiro atoms. The summed E-state index contributed by atoms with van der Waals surface area (Å²) in [5.74, 6) is -2.94. The van der Waals surface area contributed by atoms with Crippen LogP contribution in [0.1, 0.15) is 13.3 Å². The van der Waals surface area contributed by atoms with E-state index in [4.69, 9.17) is 46.0 Å². The lowest BCUT2D eigenvalue weighted by Crippen LogP contribution is -2.32. The molecule has 12 heteroatoms. The zero-order chi connectivity index (χ0) is 25.2. The molecule has 0 radical (unpaired) electrons. The Morgan fingerprint density at radius 2 is 0.933 bits per heavy atom. The molecule has 0 fully saturated rings. The fraction of sp³-hybridized carbons (Fsp3) is 0.500. The topological polar surface area (TPSA) is 233 Å². The van der Waals surface area contributed by atoms with Crippen LogP contribution >= 0.6 is 0 Å². The van der Waals surface area contributed by atoms with Crippen LogP contribution in [-0.4, -0.2) is 103 Å². The molecular weight excluding hydrogens is 408 g/mol. The summed E-state index contributed by atoms with van der Waals surface area (Å²) >= 11 is 0. The van der Waals surface area contributed by atoms with Gasteiger partial charge in [-0.25, -0.2) is 14.4 Å². The SMILES string of the molecule is C=CC(=O)O.C=CC(=O)O.C=CC(=O)O.CCC(CO)(CO)CO.OCC(O)CO. The summed E-state index contributed by atoms with van der Waals surface area (Å²) in [5, 5.41) is 72.8. The number of carboxylic acid groups (broad SMARTS) is 3. The smallest absolute Gasteiger partial charge is 0.327 e. The molecule has 0 saturated heterocycles. The number of aliphatic hydroxyl groups is 6. The van der Waals surface area contributed by atoms with E-state index in [2.05, 4.69) is 19.7 Å². The molecule has 12 nitrogen and oxygen atoms in total. The first-order chi connectivity index (χ1) is 13.9. The Kier molecular flexibility index (Phi) is 36.3. The van der Waals surface area contributed by atoms with Crippen molar-refractivity contribution in [2.24, 2.45) is 5.41 Å². The first-order valence-electron chi connectivity index (χ1n) is 8.15. The van der Waals surface area contributed by atoms with Gasteiger partial charge in [0.15, 0.2) is 0 Å². The van der Waals surface area contributed by atoms with E-state index < -0.39 is 29.4 Å². The van der Waals surface area contributed by atoms with Crippen molar-refractivity contribution in [3.63, 3.8) is 0 Å². The molecule has 0 unspecified atom stereocenters. The minimum Gasteiger partial charge on any atom is -0.478 e. The molecule has 0 heterocycles. The van der Waals surface area contributed by atoms with E-state index in [0.29, 0.717) is 6.42 Å². The van der Waals surface area contributed by atoms with Crippen molar-refractivity contribution in [3.05, 3.63) is 38.0 Å². The minimum atomic E-state index is -0.981.